The third kappa shape index (κ3) is 3.15. The molecule has 130 valence electrons. The number of benzene rings is 1. The van der Waals surface area contributed by atoms with Gasteiger partial charge in [0.05, 0.1) is 16.7 Å². The van der Waals surface area contributed by atoms with Crippen molar-refractivity contribution in [3.05, 3.63) is 41.9 Å². The Bertz CT molecular complexity index is 896. The molecule has 4 rings (SSSR count). The first-order valence-corrected chi connectivity index (χ1v) is 8.64. The Morgan fingerprint density at radius 2 is 2.00 bits per heavy atom. The Hall–Kier alpha value is -2.67. The first-order chi connectivity index (χ1) is 12.1. The second-order valence-corrected chi connectivity index (χ2v) is 6.72. The van der Waals surface area contributed by atoms with Crippen LogP contribution in [0.1, 0.15) is 30.3 Å². The maximum atomic E-state index is 5.87. The molecule has 5 N–H and O–H groups in total. The van der Waals surface area contributed by atoms with Crippen molar-refractivity contribution in [3.8, 4) is 0 Å². The quantitative estimate of drug-likeness (QED) is 0.655. The first kappa shape index (κ1) is 15.8. The number of nitrogens with one attached hydrogen (secondary N) is 1. The maximum Gasteiger partial charge on any atom is 0.222 e. The van der Waals surface area contributed by atoms with Gasteiger partial charge >= 0.3 is 0 Å². The van der Waals surface area contributed by atoms with Crippen molar-refractivity contribution >= 4 is 22.8 Å². The lowest BCUT2D eigenvalue weighted by Gasteiger charge is -2.32. The Labute approximate surface area is 146 Å². The van der Waals surface area contributed by atoms with Gasteiger partial charge < -0.3 is 21.4 Å². The van der Waals surface area contributed by atoms with Crippen molar-refractivity contribution in [2.24, 2.45) is 12.8 Å². The minimum atomic E-state index is 0.287. The number of rotatable bonds is 5. The van der Waals surface area contributed by atoms with E-state index < -0.39 is 0 Å². The Morgan fingerprint density at radius 3 is 2.76 bits per heavy atom. The van der Waals surface area contributed by atoms with Crippen LogP contribution in [0.4, 0.5) is 11.8 Å². The smallest absolute Gasteiger partial charge is 0.222 e. The van der Waals surface area contributed by atoms with Crippen LogP contribution in [0.2, 0.25) is 0 Å². The lowest BCUT2D eigenvalue weighted by Crippen LogP contribution is -2.35. The number of hydrogen-bond donors (Lipinski definition) is 3. The van der Waals surface area contributed by atoms with Crippen LogP contribution in [-0.2, 0) is 13.5 Å². The van der Waals surface area contributed by atoms with E-state index in [1.54, 1.807) is 0 Å². The Balaban J connectivity index is 1.43. The lowest BCUT2D eigenvalue weighted by atomic mass is 9.78. The molecule has 0 spiro atoms. The van der Waals surface area contributed by atoms with E-state index >= 15 is 0 Å². The zero-order valence-electron chi connectivity index (χ0n) is 14.3. The predicted octanol–water partition coefficient (Wildman–Crippen LogP) is 1.80. The zero-order valence-corrected chi connectivity index (χ0v) is 14.3. The first-order valence-electron chi connectivity index (χ1n) is 8.64. The van der Waals surface area contributed by atoms with E-state index in [-0.39, 0.29) is 6.04 Å². The summed E-state index contributed by atoms with van der Waals surface area (Å²) in [6, 6.07) is 10.4. The van der Waals surface area contributed by atoms with Crippen LogP contribution in [0, 0.1) is 0 Å². The van der Waals surface area contributed by atoms with Crippen LogP contribution in [0.3, 0.4) is 0 Å². The largest absolute Gasteiger partial charge is 0.369 e. The highest BCUT2D eigenvalue weighted by molar-refractivity contribution is 5.75. The van der Waals surface area contributed by atoms with Gasteiger partial charge in [0.15, 0.2) is 0 Å². The van der Waals surface area contributed by atoms with E-state index in [0.717, 1.165) is 54.2 Å². The normalized spacial score (nSPS) is 19.8. The number of nitrogens with two attached hydrogens (primary N) is 2. The van der Waals surface area contributed by atoms with Crippen LogP contribution in [0.15, 0.2) is 30.3 Å². The number of fused-ring (bicyclic) bond motifs is 1. The average molecular weight is 337 g/mol. The Morgan fingerprint density at radius 1 is 1.20 bits per heavy atom. The molecule has 0 bridgehead atoms. The molecule has 0 saturated heterocycles. The summed E-state index contributed by atoms with van der Waals surface area (Å²) >= 11 is 0. The summed E-state index contributed by atoms with van der Waals surface area (Å²) in [4.78, 5) is 13.3. The predicted molar refractivity (Wildman–Crippen MR) is 99.3 cm³/mol. The van der Waals surface area contributed by atoms with Crippen molar-refractivity contribution in [1.29, 1.82) is 0 Å². The highest BCUT2D eigenvalue weighted by atomic mass is 15.1. The summed E-state index contributed by atoms with van der Waals surface area (Å²) in [5, 5.41) is 3.34. The van der Waals surface area contributed by atoms with Gasteiger partial charge in [0.2, 0.25) is 5.95 Å². The van der Waals surface area contributed by atoms with E-state index in [1.807, 2.05) is 31.3 Å². The van der Waals surface area contributed by atoms with Crippen molar-refractivity contribution in [3.63, 3.8) is 0 Å². The number of anilines is 2. The number of nitrogens with zero attached hydrogens (tertiary/aromatic N) is 4. The maximum absolute atomic E-state index is 5.87. The number of hydrogen-bond acceptors (Lipinski definition) is 6. The summed E-state index contributed by atoms with van der Waals surface area (Å²) in [6.45, 7) is 0.733. The molecular formula is C18H23N7. The van der Waals surface area contributed by atoms with Crippen LogP contribution >= 0.6 is 0 Å². The molecule has 0 atom stereocenters. The summed E-state index contributed by atoms with van der Waals surface area (Å²) < 4.78 is 2.13. The van der Waals surface area contributed by atoms with Gasteiger partial charge in [-0.3, -0.25) is 0 Å². The van der Waals surface area contributed by atoms with Gasteiger partial charge in [-0.15, -0.1) is 0 Å². The number of imidazole rings is 1. The Kier molecular flexibility index (Phi) is 4.01. The van der Waals surface area contributed by atoms with E-state index in [1.165, 1.54) is 0 Å². The number of nitrogen functional groups attached to an aromatic ring is 1. The van der Waals surface area contributed by atoms with E-state index in [2.05, 4.69) is 30.9 Å². The second kappa shape index (κ2) is 6.33. The topological polar surface area (TPSA) is 108 Å². The number of para-hydroxylation sites is 2. The highest BCUT2D eigenvalue weighted by Gasteiger charge is 2.29. The fraction of sp³-hybridized carbons (Fsp3) is 0.389. The summed E-state index contributed by atoms with van der Waals surface area (Å²) in [7, 11) is 2.05. The van der Waals surface area contributed by atoms with Crippen molar-refractivity contribution < 1.29 is 0 Å². The molecule has 0 amide bonds. The van der Waals surface area contributed by atoms with Crippen molar-refractivity contribution in [2.45, 2.75) is 31.2 Å². The monoisotopic (exact) mass is 337 g/mol. The van der Waals surface area contributed by atoms with Gasteiger partial charge in [0.1, 0.15) is 11.6 Å². The number of aromatic nitrogens is 4. The third-order valence-electron chi connectivity index (χ3n) is 4.89. The van der Waals surface area contributed by atoms with Crippen LogP contribution < -0.4 is 16.8 Å². The van der Waals surface area contributed by atoms with Crippen molar-refractivity contribution in [1.82, 2.24) is 19.5 Å². The average Bonchev–Trinajstić information content (AvgIpc) is 2.88. The second-order valence-electron chi connectivity index (χ2n) is 6.72. The van der Waals surface area contributed by atoms with E-state index in [0.29, 0.717) is 11.9 Å². The molecule has 2 aromatic heterocycles. The lowest BCUT2D eigenvalue weighted by molar-refractivity contribution is 0.345. The molecule has 1 saturated carbocycles. The molecule has 1 aromatic carbocycles. The van der Waals surface area contributed by atoms with Crippen LogP contribution in [-0.4, -0.2) is 32.1 Å². The molecule has 1 aliphatic rings. The molecule has 1 fully saturated rings. The molecule has 1 aliphatic carbocycles. The molecule has 0 radical (unpaired) electrons. The highest BCUT2D eigenvalue weighted by Crippen LogP contribution is 2.35. The minimum Gasteiger partial charge on any atom is -0.369 e. The molecule has 7 nitrogen and oxygen atoms in total. The molecule has 7 heteroatoms. The van der Waals surface area contributed by atoms with Gasteiger partial charge in [-0.25, -0.2) is 9.97 Å². The molecule has 25 heavy (non-hydrogen) atoms. The standard InChI is InChI=1S/C18H23N7/c1-25-15-5-3-2-4-13(15)22-17(25)6-7-21-16-10-14(23-18(20)24-16)11-8-12(19)9-11/h2-5,10-12H,6-9,19H2,1H3,(H3,20,21,23,24). The van der Waals surface area contributed by atoms with Gasteiger partial charge in [0, 0.05) is 38.0 Å². The zero-order chi connectivity index (χ0) is 17.4. The molecule has 0 aliphatic heterocycles. The summed E-state index contributed by atoms with van der Waals surface area (Å²) in [5.41, 5.74) is 14.9. The molecule has 2 heterocycles. The van der Waals surface area contributed by atoms with E-state index in [9.17, 15) is 0 Å². The molecule has 3 aromatic rings. The van der Waals surface area contributed by atoms with Crippen LogP contribution in [0.25, 0.3) is 11.0 Å². The van der Waals surface area contributed by atoms with Gasteiger partial charge in [0.25, 0.3) is 0 Å². The third-order valence-corrected chi connectivity index (χ3v) is 4.89. The van der Waals surface area contributed by atoms with Crippen molar-refractivity contribution in [2.75, 3.05) is 17.6 Å². The van der Waals surface area contributed by atoms with Gasteiger partial charge in [-0.05, 0) is 25.0 Å². The number of aryl methyl sites for hydroxylation is 1. The fourth-order valence-corrected chi connectivity index (χ4v) is 3.41. The van der Waals surface area contributed by atoms with E-state index in [4.69, 9.17) is 11.5 Å². The van der Waals surface area contributed by atoms with Gasteiger partial charge in [-0.1, -0.05) is 12.1 Å². The van der Waals surface area contributed by atoms with Crippen LogP contribution in [0.5, 0.6) is 0 Å². The summed E-state index contributed by atoms with van der Waals surface area (Å²) in [5.74, 6) is 2.52. The SMILES string of the molecule is Cn1c(CCNc2cc(C3CC(N)C3)nc(N)n2)nc2ccccc21. The summed E-state index contributed by atoms with van der Waals surface area (Å²) in [6.07, 6.45) is 2.74. The van der Waals surface area contributed by atoms with Gasteiger partial charge in [-0.2, -0.15) is 4.98 Å². The minimum absolute atomic E-state index is 0.287. The fourth-order valence-electron chi connectivity index (χ4n) is 3.41. The molecule has 0 unspecified atom stereocenters. The molecular weight excluding hydrogens is 314 g/mol.